The number of nitrogen functional groups attached to an aromatic ring is 1. The number of anilines is 2. The first kappa shape index (κ1) is 33.3. The van der Waals surface area contributed by atoms with Crippen molar-refractivity contribution >= 4 is 49.2 Å². The van der Waals surface area contributed by atoms with Crippen LogP contribution in [0.25, 0.3) is 32.2 Å². The van der Waals surface area contributed by atoms with Gasteiger partial charge in [0.1, 0.15) is 59.0 Å². The Morgan fingerprint density at radius 2 is 1.96 bits per heavy atom. The number of aromatic nitrogens is 6. The van der Waals surface area contributed by atoms with Crippen molar-refractivity contribution in [1.82, 2.24) is 39.1 Å². The number of hydrogen-bond donors (Lipinski definition) is 1. The molecule has 1 spiro atoms. The van der Waals surface area contributed by atoms with Gasteiger partial charge in [0.05, 0.1) is 27.0 Å². The molecule has 278 valence electrons. The molecule has 4 aromatic heterocycles. The van der Waals surface area contributed by atoms with E-state index in [4.69, 9.17) is 15.5 Å². The molecule has 1 unspecified atom stereocenters. The number of likely N-dealkylation sites (tertiary alicyclic amines) is 1. The largest absolute Gasteiger partial charge is 0.461 e. The number of benzene rings is 1. The van der Waals surface area contributed by atoms with Crippen LogP contribution in [0.15, 0.2) is 29.6 Å². The second kappa shape index (κ2) is 11.9. The van der Waals surface area contributed by atoms with Crippen LogP contribution >= 0.6 is 11.3 Å². The van der Waals surface area contributed by atoms with Gasteiger partial charge >= 0.3 is 12.0 Å². The maximum Gasteiger partial charge on any atom is 0.346 e. The number of amides is 1. The maximum absolute atomic E-state index is 17.6. The molecule has 3 atom stereocenters. The van der Waals surface area contributed by atoms with Gasteiger partial charge in [-0.05, 0) is 57.2 Å². The fourth-order valence-corrected chi connectivity index (χ4v) is 10.3. The van der Waals surface area contributed by atoms with E-state index in [0.29, 0.717) is 58.3 Å². The number of fused-ring (bicyclic) bond motifs is 3. The molecular formula is C36H34F3N11O3S. The highest BCUT2D eigenvalue weighted by Crippen LogP contribution is 2.47. The SMILES string of the molecule is N#Cc1c(N)sc2c(F)ccc(-c3c(F)c4nc(OC[C@@]56CCCN5C[C@H](F)C6)nc(N5CCC6(CCN6C(=O)n6cncn6)C5)c4c(=O)n3C3CC3)c12. The lowest BCUT2D eigenvalue weighted by molar-refractivity contribution is 0.0400. The van der Waals surface area contributed by atoms with E-state index in [1.54, 1.807) is 4.90 Å². The van der Waals surface area contributed by atoms with Crippen molar-refractivity contribution in [3.8, 4) is 23.3 Å². The molecule has 0 radical (unpaired) electrons. The summed E-state index contributed by atoms with van der Waals surface area (Å²) in [5.74, 6) is -1.29. The summed E-state index contributed by atoms with van der Waals surface area (Å²) >= 11 is 0.889. The quantitative estimate of drug-likeness (QED) is 0.257. The third kappa shape index (κ3) is 4.79. The highest BCUT2D eigenvalue weighted by atomic mass is 32.1. The van der Waals surface area contributed by atoms with Crippen molar-refractivity contribution in [2.75, 3.05) is 50.0 Å². The van der Waals surface area contributed by atoms with Gasteiger partial charge < -0.3 is 24.8 Å². The molecule has 1 amide bonds. The fourth-order valence-electron chi connectivity index (χ4n) is 9.32. The molecule has 2 N–H and O–H groups in total. The van der Waals surface area contributed by atoms with Crippen LogP contribution in [0.1, 0.15) is 56.6 Å². The Labute approximate surface area is 309 Å². The lowest BCUT2D eigenvalue weighted by Gasteiger charge is -2.50. The average Bonchev–Trinajstić information content (AvgIpc) is 3.59. The van der Waals surface area contributed by atoms with Crippen LogP contribution in [0.4, 0.5) is 28.8 Å². The third-order valence-corrected chi connectivity index (χ3v) is 13.2. The first-order valence-electron chi connectivity index (χ1n) is 18.1. The first-order chi connectivity index (χ1) is 26.1. The topological polar surface area (TPSA) is 164 Å². The Kier molecular flexibility index (Phi) is 7.31. The summed E-state index contributed by atoms with van der Waals surface area (Å²) in [5.41, 5.74) is 4.23. The Balaban J connectivity index is 1.14. The monoisotopic (exact) mass is 757 g/mol. The summed E-state index contributed by atoms with van der Waals surface area (Å²) in [6.45, 7) is 2.36. The van der Waals surface area contributed by atoms with Crippen LogP contribution in [0.2, 0.25) is 0 Å². The minimum Gasteiger partial charge on any atom is -0.461 e. The number of alkyl halides is 1. The molecule has 1 saturated carbocycles. The number of ether oxygens (including phenoxy) is 1. The number of nitrogens with two attached hydrogens (primary N) is 1. The van der Waals surface area contributed by atoms with E-state index >= 15 is 8.78 Å². The predicted octanol–water partition coefficient (Wildman–Crippen LogP) is 4.61. The van der Waals surface area contributed by atoms with E-state index in [0.717, 1.165) is 30.7 Å². The van der Waals surface area contributed by atoms with Crippen molar-refractivity contribution in [2.45, 2.75) is 68.2 Å². The zero-order valence-electron chi connectivity index (χ0n) is 29.0. The molecule has 0 bridgehead atoms. The number of pyridine rings is 1. The van der Waals surface area contributed by atoms with Crippen molar-refractivity contribution < 1.29 is 22.7 Å². The van der Waals surface area contributed by atoms with Gasteiger partial charge in [-0.15, -0.1) is 11.3 Å². The highest BCUT2D eigenvalue weighted by molar-refractivity contribution is 7.23. The number of rotatable bonds is 6. The molecule has 5 aliphatic rings. The molecule has 5 aromatic rings. The second-order valence-electron chi connectivity index (χ2n) is 15.2. The Morgan fingerprint density at radius 3 is 2.70 bits per heavy atom. The Hall–Kier alpha value is -5.28. The van der Waals surface area contributed by atoms with Gasteiger partial charge in [-0.2, -0.15) is 25.0 Å². The average molecular weight is 758 g/mol. The molecular weight excluding hydrogens is 724 g/mol. The summed E-state index contributed by atoms with van der Waals surface area (Å²) in [6.07, 6.45) is 6.05. The van der Waals surface area contributed by atoms with Gasteiger partial charge in [-0.1, -0.05) is 0 Å². The summed E-state index contributed by atoms with van der Waals surface area (Å²) in [4.78, 5) is 47.2. The van der Waals surface area contributed by atoms with Crippen LogP contribution in [-0.4, -0.2) is 102 Å². The van der Waals surface area contributed by atoms with Crippen LogP contribution < -0.4 is 20.9 Å². The van der Waals surface area contributed by atoms with Gasteiger partial charge in [-0.3, -0.25) is 9.69 Å². The van der Waals surface area contributed by atoms with E-state index in [9.17, 15) is 19.2 Å². The van der Waals surface area contributed by atoms with Crippen LogP contribution in [0, 0.1) is 23.0 Å². The molecule has 14 nitrogen and oxygen atoms in total. The van der Waals surface area contributed by atoms with Crippen molar-refractivity contribution in [1.29, 1.82) is 5.26 Å². The number of carbonyl (C=O) groups is 1. The van der Waals surface area contributed by atoms with E-state index in [2.05, 4.69) is 20.0 Å². The van der Waals surface area contributed by atoms with E-state index in [1.807, 2.05) is 11.0 Å². The molecule has 4 aliphatic heterocycles. The number of carbonyl (C=O) groups excluding carboxylic acids is 1. The summed E-state index contributed by atoms with van der Waals surface area (Å²) in [6, 6.07) is 3.76. The molecule has 5 fully saturated rings. The smallest absolute Gasteiger partial charge is 0.346 e. The number of halogens is 3. The number of nitriles is 1. The van der Waals surface area contributed by atoms with Gasteiger partial charge in [0.15, 0.2) is 5.82 Å². The van der Waals surface area contributed by atoms with Crippen LogP contribution in [-0.2, 0) is 0 Å². The summed E-state index contributed by atoms with van der Waals surface area (Å²) < 4.78 is 56.4. The second-order valence-corrected chi connectivity index (χ2v) is 16.2. The number of hydrogen-bond acceptors (Lipinski definition) is 12. The van der Waals surface area contributed by atoms with Gasteiger partial charge in [-0.25, -0.2) is 22.9 Å². The fraction of sp³-hybridized carbons (Fsp3) is 0.472. The zero-order chi connectivity index (χ0) is 37.1. The Morgan fingerprint density at radius 1 is 1.13 bits per heavy atom. The minimum absolute atomic E-state index is 0.00199. The lowest BCUT2D eigenvalue weighted by Crippen LogP contribution is -2.64. The maximum atomic E-state index is 17.6. The molecule has 54 heavy (non-hydrogen) atoms. The minimum atomic E-state index is -0.994. The van der Waals surface area contributed by atoms with Gasteiger partial charge in [0, 0.05) is 49.6 Å². The molecule has 1 aromatic carbocycles. The third-order valence-electron chi connectivity index (χ3n) is 12.1. The number of nitrogens with zero attached hydrogens (tertiary/aromatic N) is 10. The standard InChI is InChI=1S/C36H34F3N11O3S/c37-19-12-36(6-1-9-47(36)14-19)16-53-33-44-27-25(31(45-33)46-10-7-35(15-46)8-11-48(35)34(52)49-18-42-17-43-49)32(51)50(20-2-3-20)28(26(27)39)21-4-5-23(38)29-24(21)22(13-40)30(41)54-29/h4-5,17-20H,1-3,6-12,14-16,41H2/t19-,35?,36+/m1/s1. The predicted molar refractivity (Wildman–Crippen MR) is 192 cm³/mol. The lowest BCUT2D eigenvalue weighted by atomic mass is 9.84. The van der Waals surface area contributed by atoms with Crippen molar-refractivity contribution in [3.05, 3.63) is 52.3 Å². The van der Waals surface area contributed by atoms with E-state index in [-0.39, 0.29) is 73.3 Å². The van der Waals surface area contributed by atoms with E-state index in [1.165, 1.54) is 34.0 Å². The Bertz CT molecular complexity index is 2500. The molecule has 8 heterocycles. The summed E-state index contributed by atoms with van der Waals surface area (Å²) in [5, 5.41) is 14.2. The molecule has 18 heteroatoms. The van der Waals surface area contributed by atoms with Gasteiger partial charge in [0.25, 0.3) is 5.56 Å². The van der Waals surface area contributed by atoms with E-state index < -0.39 is 34.4 Å². The molecule has 10 rings (SSSR count). The zero-order valence-corrected chi connectivity index (χ0v) is 29.8. The number of thiophene rings is 1. The normalized spacial score (nSPS) is 25.2. The van der Waals surface area contributed by atoms with Crippen LogP contribution in [0.5, 0.6) is 6.01 Å². The van der Waals surface area contributed by atoms with Gasteiger partial charge in [0.2, 0.25) is 0 Å². The van der Waals surface area contributed by atoms with Crippen molar-refractivity contribution in [2.24, 2.45) is 0 Å². The van der Waals surface area contributed by atoms with Crippen molar-refractivity contribution in [3.63, 3.8) is 0 Å². The molecule has 4 saturated heterocycles. The first-order valence-corrected chi connectivity index (χ1v) is 18.9. The van der Waals surface area contributed by atoms with Crippen LogP contribution in [0.3, 0.4) is 0 Å². The highest BCUT2D eigenvalue weighted by Gasteiger charge is 2.53. The summed E-state index contributed by atoms with van der Waals surface area (Å²) in [7, 11) is 0. The molecule has 1 aliphatic carbocycles.